The van der Waals surface area contributed by atoms with Gasteiger partial charge >= 0.3 is 5.97 Å². The van der Waals surface area contributed by atoms with Crippen molar-refractivity contribution in [3.63, 3.8) is 0 Å². The average molecular weight is 337 g/mol. The van der Waals surface area contributed by atoms with Crippen molar-refractivity contribution in [1.82, 2.24) is 5.16 Å². The Morgan fingerprint density at radius 2 is 1.92 bits per heavy atom. The molecule has 0 spiro atoms. The Kier molecular flexibility index (Phi) is 3.85. The van der Waals surface area contributed by atoms with Crippen molar-refractivity contribution in [1.29, 1.82) is 0 Å². The Balaban J connectivity index is 1.53. The second-order valence-electron chi connectivity index (χ2n) is 5.59. The Hall–Kier alpha value is -3.28. The van der Waals surface area contributed by atoms with Gasteiger partial charge in [0.1, 0.15) is 23.6 Å². The van der Waals surface area contributed by atoms with Crippen molar-refractivity contribution in [2.45, 2.75) is 13.5 Å². The largest absolute Gasteiger partial charge is 0.457 e. The van der Waals surface area contributed by atoms with Crippen LogP contribution in [0.15, 0.2) is 53.1 Å². The van der Waals surface area contributed by atoms with E-state index in [0.717, 1.165) is 11.1 Å². The number of aromatic nitrogens is 1. The fourth-order valence-corrected chi connectivity index (χ4v) is 2.66. The summed E-state index contributed by atoms with van der Waals surface area (Å²) in [5.74, 6) is 1.29. The molecule has 126 valence electrons. The van der Waals surface area contributed by atoms with Crippen LogP contribution in [-0.2, 0) is 11.3 Å². The van der Waals surface area contributed by atoms with Crippen LogP contribution in [-0.4, -0.2) is 17.9 Å². The van der Waals surface area contributed by atoms with Gasteiger partial charge in [0.05, 0.1) is 0 Å². The van der Waals surface area contributed by atoms with Crippen LogP contribution in [0.5, 0.6) is 11.5 Å². The minimum absolute atomic E-state index is 0.119. The van der Waals surface area contributed by atoms with Crippen LogP contribution in [0.2, 0.25) is 0 Å². The maximum Gasteiger partial charge on any atom is 0.344 e. The summed E-state index contributed by atoms with van der Waals surface area (Å²) >= 11 is 0. The number of ether oxygens (including phenoxy) is 3. The molecule has 0 saturated carbocycles. The Morgan fingerprint density at radius 3 is 2.76 bits per heavy atom. The van der Waals surface area contributed by atoms with Gasteiger partial charge in [-0.05, 0) is 24.6 Å². The van der Waals surface area contributed by atoms with Crippen LogP contribution in [0, 0.1) is 6.92 Å². The predicted molar refractivity (Wildman–Crippen MR) is 88.4 cm³/mol. The highest BCUT2D eigenvalue weighted by Gasteiger charge is 2.23. The number of esters is 1. The number of aryl methyl sites for hydroxylation is 1. The van der Waals surface area contributed by atoms with Crippen molar-refractivity contribution < 1.29 is 23.5 Å². The molecule has 6 heteroatoms. The summed E-state index contributed by atoms with van der Waals surface area (Å²) < 4.78 is 21.2. The number of hydrogen-bond donors (Lipinski definition) is 0. The van der Waals surface area contributed by atoms with Crippen molar-refractivity contribution in [2.75, 3.05) is 6.79 Å². The molecular weight excluding hydrogens is 322 g/mol. The second-order valence-corrected chi connectivity index (χ2v) is 5.59. The number of carbonyl (C=O) groups excluding carboxylic acids is 1. The number of hydrogen-bond acceptors (Lipinski definition) is 6. The van der Waals surface area contributed by atoms with Gasteiger partial charge in [0.25, 0.3) is 0 Å². The Bertz CT molecular complexity index is 917. The first-order valence-electron chi connectivity index (χ1n) is 7.80. The molecule has 0 radical (unpaired) electrons. The second kappa shape index (κ2) is 6.32. The van der Waals surface area contributed by atoms with E-state index in [9.17, 15) is 4.79 Å². The Labute approximate surface area is 143 Å². The molecule has 2 heterocycles. The van der Waals surface area contributed by atoms with Crippen LogP contribution in [0.1, 0.15) is 21.7 Å². The van der Waals surface area contributed by atoms with E-state index in [2.05, 4.69) is 5.16 Å². The van der Waals surface area contributed by atoms with E-state index in [4.69, 9.17) is 18.7 Å². The number of carbonyl (C=O) groups is 1. The molecule has 0 aliphatic carbocycles. The first kappa shape index (κ1) is 15.3. The lowest BCUT2D eigenvalue weighted by Gasteiger charge is -2.06. The van der Waals surface area contributed by atoms with Crippen molar-refractivity contribution >= 4 is 5.97 Å². The van der Waals surface area contributed by atoms with Gasteiger partial charge in [0.2, 0.25) is 6.79 Å². The van der Waals surface area contributed by atoms with Crippen LogP contribution < -0.4 is 9.47 Å². The summed E-state index contributed by atoms with van der Waals surface area (Å²) in [4.78, 5) is 12.5. The van der Waals surface area contributed by atoms with Gasteiger partial charge in [-0.3, -0.25) is 0 Å². The fourth-order valence-electron chi connectivity index (χ4n) is 2.66. The molecular formula is C19H15NO5. The minimum Gasteiger partial charge on any atom is -0.457 e. The standard InChI is InChI=1S/C19H15NO5/c1-12-17(18(20-25-12)14-5-3-2-4-6-14)19(21)22-10-13-7-8-15-16(9-13)24-11-23-15/h2-9H,10-11H2,1H3. The van der Waals surface area contributed by atoms with E-state index in [1.54, 1.807) is 19.1 Å². The average Bonchev–Trinajstić information content (AvgIpc) is 3.26. The van der Waals surface area contributed by atoms with E-state index in [1.165, 1.54) is 0 Å². The normalized spacial score (nSPS) is 12.2. The highest BCUT2D eigenvalue weighted by molar-refractivity contribution is 5.97. The lowest BCUT2D eigenvalue weighted by molar-refractivity contribution is 0.0471. The number of rotatable bonds is 4. The van der Waals surface area contributed by atoms with E-state index in [0.29, 0.717) is 28.5 Å². The lowest BCUT2D eigenvalue weighted by atomic mass is 10.1. The third kappa shape index (κ3) is 2.94. The first-order chi connectivity index (χ1) is 12.2. The van der Waals surface area contributed by atoms with Gasteiger partial charge < -0.3 is 18.7 Å². The molecule has 6 nitrogen and oxygen atoms in total. The Morgan fingerprint density at radius 1 is 1.12 bits per heavy atom. The van der Waals surface area contributed by atoms with Crippen molar-refractivity contribution in [3.8, 4) is 22.8 Å². The lowest BCUT2D eigenvalue weighted by Crippen LogP contribution is -2.07. The summed E-state index contributed by atoms with van der Waals surface area (Å²) in [7, 11) is 0. The van der Waals surface area contributed by atoms with Gasteiger partial charge in [-0.25, -0.2) is 4.79 Å². The summed E-state index contributed by atoms with van der Waals surface area (Å²) in [6.45, 7) is 2.02. The zero-order valence-corrected chi connectivity index (χ0v) is 13.5. The zero-order chi connectivity index (χ0) is 17.2. The summed E-state index contributed by atoms with van der Waals surface area (Å²) in [5, 5.41) is 4.00. The molecule has 0 N–H and O–H groups in total. The summed E-state index contributed by atoms with van der Waals surface area (Å²) in [5.41, 5.74) is 2.43. The number of benzene rings is 2. The molecule has 1 aromatic heterocycles. The minimum atomic E-state index is -0.477. The molecule has 25 heavy (non-hydrogen) atoms. The molecule has 3 aromatic rings. The maximum absolute atomic E-state index is 12.5. The molecule has 0 unspecified atom stereocenters. The molecule has 1 aliphatic heterocycles. The van der Waals surface area contributed by atoms with Crippen LogP contribution >= 0.6 is 0 Å². The van der Waals surface area contributed by atoms with Crippen LogP contribution in [0.4, 0.5) is 0 Å². The van der Waals surface area contributed by atoms with Crippen LogP contribution in [0.25, 0.3) is 11.3 Å². The molecule has 1 aliphatic rings. The van der Waals surface area contributed by atoms with E-state index >= 15 is 0 Å². The first-order valence-corrected chi connectivity index (χ1v) is 7.80. The topological polar surface area (TPSA) is 70.8 Å². The number of fused-ring (bicyclic) bond motifs is 1. The molecule has 2 aromatic carbocycles. The highest BCUT2D eigenvalue weighted by Crippen LogP contribution is 2.33. The maximum atomic E-state index is 12.5. The monoisotopic (exact) mass is 337 g/mol. The summed E-state index contributed by atoms with van der Waals surface area (Å²) in [6.07, 6.45) is 0. The van der Waals surface area contributed by atoms with E-state index in [1.807, 2.05) is 36.4 Å². The van der Waals surface area contributed by atoms with Gasteiger partial charge in [-0.2, -0.15) is 0 Å². The van der Waals surface area contributed by atoms with Gasteiger partial charge in [-0.1, -0.05) is 41.6 Å². The summed E-state index contributed by atoms with van der Waals surface area (Å²) in [6, 6.07) is 14.8. The van der Waals surface area contributed by atoms with Crippen LogP contribution in [0.3, 0.4) is 0 Å². The van der Waals surface area contributed by atoms with E-state index in [-0.39, 0.29) is 13.4 Å². The molecule has 0 amide bonds. The third-order valence-corrected chi connectivity index (χ3v) is 3.92. The molecule has 0 saturated heterocycles. The van der Waals surface area contributed by atoms with E-state index < -0.39 is 5.97 Å². The zero-order valence-electron chi connectivity index (χ0n) is 13.5. The number of nitrogens with zero attached hydrogens (tertiary/aromatic N) is 1. The van der Waals surface area contributed by atoms with Gasteiger partial charge in [0.15, 0.2) is 11.5 Å². The van der Waals surface area contributed by atoms with Gasteiger partial charge in [0, 0.05) is 5.56 Å². The fraction of sp³-hybridized carbons (Fsp3) is 0.158. The highest BCUT2D eigenvalue weighted by atomic mass is 16.7. The predicted octanol–water partition coefficient (Wildman–Crippen LogP) is 3.74. The molecule has 0 bridgehead atoms. The SMILES string of the molecule is Cc1onc(-c2ccccc2)c1C(=O)OCc1ccc2c(c1)OCO2. The smallest absolute Gasteiger partial charge is 0.344 e. The molecule has 4 rings (SSSR count). The third-order valence-electron chi connectivity index (χ3n) is 3.92. The van der Waals surface area contributed by atoms with Crippen molar-refractivity contribution in [3.05, 3.63) is 65.4 Å². The van der Waals surface area contributed by atoms with Gasteiger partial charge in [-0.15, -0.1) is 0 Å². The molecule has 0 fully saturated rings. The van der Waals surface area contributed by atoms with Crippen molar-refractivity contribution in [2.24, 2.45) is 0 Å². The molecule has 0 atom stereocenters. The quantitative estimate of drug-likeness (QED) is 0.676.